The van der Waals surface area contributed by atoms with Crippen LogP contribution in [0.2, 0.25) is 0 Å². The number of anilines is 1. The van der Waals surface area contributed by atoms with Gasteiger partial charge in [0.1, 0.15) is 0 Å². The lowest BCUT2D eigenvalue weighted by molar-refractivity contribution is 0.371. The third-order valence-electron chi connectivity index (χ3n) is 4.59. The molecular formula is C19H23N3O4S2. The van der Waals surface area contributed by atoms with E-state index in [1.165, 1.54) is 4.41 Å². The van der Waals surface area contributed by atoms with Crippen LogP contribution >= 0.6 is 0 Å². The highest BCUT2D eigenvalue weighted by Crippen LogP contribution is 2.36. The van der Waals surface area contributed by atoms with E-state index >= 15 is 0 Å². The van der Waals surface area contributed by atoms with Crippen LogP contribution in [0.25, 0.3) is 0 Å². The molecule has 0 saturated heterocycles. The highest BCUT2D eigenvalue weighted by atomic mass is 32.2. The first-order valence-electron chi connectivity index (χ1n) is 8.84. The molecule has 0 aliphatic carbocycles. The van der Waals surface area contributed by atoms with E-state index in [0.717, 1.165) is 22.9 Å². The second-order valence-electron chi connectivity index (χ2n) is 6.75. The van der Waals surface area contributed by atoms with Crippen molar-refractivity contribution in [1.29, 1.82) is 0 Å². The number of aryl methyl sites for hydroxylation is 1. The summed E-state index contributed by atoms with van der Waals surface area (Å²) in [5, 5.41) is 4.43. The van der Waals surface area contributed by atoms with Gasteiger partial charge in [0.15, 0.2) is 0 Å². The minimum Gasteiger partial charge on any atom is -0.284 e. The van der Waals surface area contributed by atoms with Crippen LogP contribution in [0.15, 0.2) is 53.6 Å². The molecule has 0 radical (unpaired) electrons. The Morgan fingerprint density at radius 2 is 1.71 bits per heavy atom. The molecule has 9 heteroatoms. The first kappa shape index (κ1) is 20.3. The molecule has 0 fully saturated rings. The Balaban J connectivity index is 1.96. The maximum atomic E-state index is 12.6. The molecule has 1 N–H and O–H groups in total. The number of rotatable bonds is 6. The Morgan fingerprint density at radius 1 is 1.07 bits per heavy atom. The molecule has 2 aromatic rings. The number of nitrogens with zero attached hydrogens (tertiary/aromatic N) is 2. The minimum atomic E-state index is -3.53. The van der Waals surface area contributed by atoms with Gasteiger partial charge in [-0.3, -0.25) is 4.72 Å². The lowest BCUT2D eigenvalue weighted by Gasteiger charge is -2.24. The highest BCUT2D eigenvalue weighted by molar-refractivity contribution is 7.92. The van der Waals surface area contributed by atoms with E-state index in [0.29, 0.717) is 17.8 Å². The van der Waals surface area contributed by atoms with Crippen LogP contribution in [-0.2, 0) is 20.0 Å². The molecule has 7 nitrogen and oxygen atoms in total. The molecule has 0 aromatic heterocycles. The largest absolute Gasteiger partial charge is 0.284 e. The van der Waals surface area contributed by atoms with E-state index in [9.17, 15) is 16.8 Å². The third kappa shape index (κ3) is 4.36. The number of hydrogen-bond acceptors (Lipinski definition) is 5. The fourth-order valence-electron chi connectivity index (χ4n) is 3.19. The lowest BCUT2D eigenvalue weighted by Crippen LogP contribution is -2.29. The molecule has 0 bridgehead atoms. The number of hydrazone groups is 1. The maximum Gasteiger partial charge on any atom is 0.250 e. The van der Waals surface area contributed by atoms with E-state index in [4.69, 9.17) is 0 Å². The molecule has 0 amide bonds. The van der Waals surface area contributed by atoms with Crippen molar-refractivity contribution in [2.75, 3.05) is 16.7 Å². The second-order valence-corrected chi connectivity index (χ2v) is 10.6. The predicted octanol–water partition coefficient (Wildman–Crippen LogP) is 2.87. The zero-order valence-electron chi connectivity index (χ0n) is 16.0. The quantitative estimate of drug-likeness (QED) is 0.776. The summed E-state index contributed by atoms with van der Waals surface area (Å²) in [6.07, 6.45) is 1.53. The Labute approximate surface area is 166 Å². The van der Waals surface area contributed by atoms with Gasteiger partial charge in [-0.15, -0.1) is 0 Å². The van der Waals surface area contributed by atoms with E-state index in [2.05, 4.69) is 9.82 Å². The van der Waals surface area contributed by atoms with Gasteiger partial charge in [-0.25, -0.2) is 16.8 Å². The standard InChI is InChI=1S/C19H23N3O4S2/c1-4-28(25,26)22-19(17-8-6-5-7-14(17)2)13-18(20-22)15-9-11-16(12-10-15)21-27(3,23)24/h5-12,19,21H,4,13H2,1-3H3/t19-/m1/s1. The summed E-state index contributed by atoms with van der Waals surface area (Å²) in [4.78, 5) is 0. The summed E-state index contributed by atoms with van der Waals surface area (Å²) in [5.74, 6) is -0.0383. The molecule has 28 heavy (non-hydrogen) atoms. The van der Waals surface area contributed by atoms with Crippen LogP contribution in [0, 0.1) is 6.92 Å². The lowest BCUT2D eigenvalue weighted by atomic mass is 9.96. The van der Waals surface area contributed by atoms with Crippen molar-refractivity contribution in [2.45, 2.75) is 26.3 Å². The topological polar surface area (TPSA) is 95.9 Å². The molecule has 2 aromatic carbocycles. The van der Waals surface area contributed by atoms with Crippen molar-refractivity contribution in [2.24, 2.45) is 5.10 Å². The van der Waals surface area contributed by atoms with E-state index in [-0.39, 0.29) is 5.75 Å². The van der Waals surface area contributed by atoms with E-state index < -0.39 is 26.1 Å². The molecule has 150 valence electrons. The van der Waals surface area contributed by atoms with Crippen LogP contribution in [0.4, 0.5) is 5.69 Å². The highest BCUT2D eigenvalue weighted by Gasteiger charge is 2.36. The van der Waals surface area contributed by atoms with Crippen molar-refractivity contribution in [3.63, 3.8) is 0 Å². The molecule has 0 spiro atoms. The summed E-state index contributed by atoms with van der Waals surface area (Å²) in [5.41, 5.74) is 3.78. The average molecular weight is 422 g/mol. The first-order valence-corrected chi connectivity index (χ1v) is 12.3. The Morgan fingerprint density at radius 3 is 2.29 bits per heavy atom. The molecule has 1 heterocycles. The van der Waals surface area contributed by atoms with Gasteiger partial charge >= 0.3 is 0 Å². The van der Waals surface area contributed by atoms with Gasteiger partial charge < -0.3 is 0 Å². The molecular weight excluding hydrogens is 398 g/mol. The fraction of sp³-hybridized carbons (Fsp3) is 0.316. The van der Waals surface area contributed by atoms with E-state index in [1.807, 2.05) is 31.2 Å². The fourth-order valence-corrected chi connectivity index (χ4v) is 4.82. The number of benzene rings is 2. The normalized spacial score (nSPS) is 17.5. The van der Waals surface area contributed by atoms with Gasteiger partial charge in [-0.1, -0.05) is 36.4 Å². The summed E-state index contributed by atoms with van der Waals surface area (Å²) in [6, 6.07) is 14.1. The van der Waals surface area contributed by atoms with Gasteiger partial charge in [0.25, 0.3) is 0 Å². The third-order valence-corrected chi connectivity index (χ3v) is 6.83. The molecule has 0 saturated carbocycles. The average Bonchev–Trinajstić information content (AvgIpc) is 3.07. The SMILES string of the molecule is CCS(=O)(=O)N1N=C(c2ccc(NS(C)(=O)=O)cc2)C[C@@H]1c1ccccc1C. The molecule has 1 aliphatic rings. The monoisotopic (exact) mass is 421 g/mol. The van der Waals surface area contributed by atoms with Crippen LogP contribution < -0.4 is 4.72 Å². The van der Waals surface area contributed by atoms with Gasteiger partial charge in [-0.2, -0.15) is 9.52 Å². The summed E-state index contributed by atoms with van der Waals surface area (Å²) < 4.78 is 51.6. The van der Waals surface area contributed by atoms with Crippen molar-refractivity contribution in [3.05, 3.63) is 65.2 Å². The number of sulfonamides is 2. The van der Waals surface area contributed by atoms with Crippen molar-refractivity contribution < 1.29 is 16.8 Å². The van der Waals surface area contributed by atoms with Gasteiger partial charge in [0.05, 0.1) is 23.8 Å². The zero-order valence-corrected chi connectivity index (χ0v) is 17.6. The molecule has 1 atom stereocenters. The van der Waals surface area contributed by atoms with Crippen LogP contribution in [0.1, 0.15) is 36.1 Å². The summed E-state index contributed by atoms with van der Waals surface area (Å²) >= 11 is 0. The Bertz CT molecular complexity index is 1110. The Hall–Kier alpha value is -2.39. The van der Waals surface area contributed by atoms with E-state index in [1.54, 1.807) is 31.2 Å². The molecule has 0 unspecified atom stereocenters. The van der Waals surface area contributed by atoms with Gasteiger partial charge in [0.2, 0.25) is 20.0 Å². The molecule has 1 aliphatic heterocycles. The Kier molecular flexibility index (Phi) is 5.49. The molecule has 3 rings (SSSR count). The van der Waals surface area contributed by atoms with Crippen molar-refractivity contribution in [1.82, 2.24) is 4.41 Å². The number of nitrogens with one attached hydrogen (secondary N) is 1. The first-order chi connectivity index (χ1) is 13.1. The van der Waals surface area contributed by atoms with Gasteiger partial charge in [0, 0.05) is 12.1 Å². The van der Waals surface area contributed by atoms with Crippen molar-refractivity contribution >= 4 is 31.4 Å². The minimum absolute atomic E-state index is 0.0383. The summed E-state index contributed by atoms with van der Waals surface area (Å²) in [7, 11) is -6.89. The predicted molar refractivity (Wildman–Crippen MR) is 111 cm³/mol. The summed E-state index contributed by atoms with van der Waals surface area (Å²) in [6.45, 7) is 3.55. The maximum absolute atomic E-state index is 12.6. The second kappa shape index (κ2) is 7.56. The number of hydrogen-bond donors (Lipinski definition) is 1. The smallest absolute Gasteiger partial charge is 0.250 e. The van der Waals surface area contributed by atoms with Crippen LogP contribution in [0.5, 0.6) is 0 Å². The zero-order chi connectivity index (χ0) is 20.5. The van der Waals surface area contributed by atoms with Crippen LogP contribution in [-0.4, -0.2) is 39.0 Å². The van der Waals surface area contributed by atoms with Gasteiger partial charge in [-0.05, 0) is 42.7 Å². The van der Waals surface area contributed by atoms with Crippen molar-refractivity contribution in [3.8, 4) is 0 Å². The van der Waals surface area contributed by atoms with Crippen LogP contribution in [0.3, 0.4) is 0 Å².